The Kier molecular flexibility index (Phi) is 7.76. The molecule has 1 N–H and O–H groups in total. The molecule has 0 bridgehead atoms. The van der Waals surface area contributed by atoms with Gasteiger partial charge in [0.2, 0.25) is 0 Å². The zero-order chi connectivity index (χ0) is 20.5. The maximum Gasteiger partial charge on any atom is 0.306 e. The fourth-order valence-corrected chi connectivity index (χ4v) is 2.64. The van der Waals surface area contributed by atoms with E-state index in [0.717, 1.165) is 0 Å². The SMILES string of the molecule is COc1ccc(C(=O)COC(=O)CCCNc2ccccc2[N+](=O)[O-])cc1Cl. The Morgan fingerprint density at radius 1 is 1.21 bits per heavy atom. The second-order valence-electron chi connectivity index (χ2n) is 5.74. The van der Waals surface area contributed by atoms with Gasteiger partial charge in [0.05, 0.1) is 17.1 Å². The van der Waals surface area contributed by atoms with E-state index in [0.29, 0.717) is 35.0 Å². The van der Waals surface area contributed by atoms with Gasteiger partial charge >= 0.3 is 5.97 Å². The first-order chi connectivity index (χ1) is 13.4. The van der Waals surface area contributed by atoms with Crippen LogP contribution in [0.15, 0.2) is 42.5 Å². The van der Waals surface area contributed by atoms with E-state index in [2.05, 4.69) is 5.32 Å². The summed E-state index contributed by atoms with van der Waals surface area (Å²) in [5.74, 6) is -0.463. The van der Waals surface area contributed by atoms with Crippen LogP contribution in [0.2, 0.25) is 5.02 Å². The summed E-state index contributed by atoms with van der Waals surface area (Å²) in [6.07, 6.45) is 0.470. The third-order valence-electron chi connectivity index (χ3n) is 3.81. The number of nitro benzene ring substituents is 1. The summed E-state index contributed by atoms with van der Waals surface area (Å²) in [6.45, 7) is -0.0406. The Morgan fingerprint density at radius 2 is 1.96 bits per heavy atom. The molecule has 148 valence electrons. The van der Waals surface area contributed by atoms with E-state index < -0.39 is 10.9 Å². The highest BCUT2D eigenvalue weighted by Gasteiger charge is 2.13. The molecule has 0 unspecified atom stereocenters. The van der Waals surface area contributed by atoms with Crippen LogP contribution in [0.5, 0.6) is 5.75 Å². The van der Waals surface area contributed by atoms with Crippen LogP contribution in [-0.2, 0) is 9.53 Å². The summed E-state index contributed by atoms with van der Waals surface area (Å²) in [5, 5.41) is 14.1. The summed E-state index contributed by atoms with van der Waals surface area (Å²) >= 11 is 5.97. The Balaban J connectivity index is 1.74. The quantitative estimate of drug-likeness (QED) is 0.210. The molecule has 2 rings (SSSR count). The van der Waals surface area contributed by atoms with Crippen molar-refractivity contribution < 1.29 is 24.0 Å². The number of para-hydroxylation sites is 2. The van der Waals surface area contributed by atoms with Crippen LogP contribution in [0, 0.1) is 10.1 Å². The lowest BCUT2D eigenvalue weighted by Crippen LogP contribution is -2.15. The topological polar surface area (TPSA) is 108 Å². The van der Waals surface area contributed by atoms with Crippen LogP contribution >= 0.6 is 11.6 Å². The normalized spacial score (nSPS) is 10.2. The van der Waals surface area contributed by atoms with Gasteiger partial charge in [-0.2, -0.15) is 0 Å². The minimum Gasteiger partial charge on any atom is -0.495 e. The Hall–Kier alpha value is -3.13. The number of nitrogens with zero attached hydrogens (tertiary/aromatic N) is 1. The average Bonchev–Trinajstić information content (AvgIpc) is 2.69. The van der Waals surface area contributed by atoms with Gasteiger partial charge in [-0.1, -0.05) is 23.7 Å². The molecule has 0 saturated carbocycles. The van der Waals surface area contributed by atoms with Crippen molar-refractivity contribution in [1.82, 2.24) is 0 Å². The number of Topliss-reactive ketones (excluding diaryl/α,β-unsaturated/α-hetero) is 1. The van der Waals surface area contributed by atoms with E-state index in [4.69, 9.17) is 21.1 Å². The number of hydrogen-bond acceptors (Lipinski definition) is 7. The second kappa shape index (κ2) is 10.3. The number of methoxy groups -OCH3 is 1. The van der Waals surface area contributed by atoms with E-state index in [9.17, 15) is 19.7 Å². The molecule has 0 atom stereocenters. The number of esters is 1. The van der Waals surface area contributed by atoms with E-state index in [1.807, 2.05) is 0 Å². The fourth-order valence-electron chi connectivity index (χ4n) is 2.38. The van der Waals surface area contributed by atoms with Crippen LogP contribution in [0.1, 0.15) is 23.2 Å². The molecule has 0 aliphatic carbocycles. The molecule has 0 aliphatic rings. The van der Waals surface area contributed by atoms with Crippen molar-refractivity contribution >= 4 is 34.7 Å². The molecule has 2 aromatic rings. The lowest BCUT2D eigenvalue weighted by atomic mass is 10.1. The van der Waals surface area contributed by atoms with Crippen molar-refractivity contribution in [2.24, 2.45) is 0 Å². The number of anilines is 1. The lowest BCUT2D eigenvalue weighted by molar-refractivity contribution is -0.384. The molecular formula is C19H19ClN2O6. The van der Waals surface area contributed by atoms with Crippen LogP contribution in [0.4, 0.5) is 11.4 Å². The second-order valence-corrected chi connectivity index (χ2v) is 6.14. The van der Waals surface area contributed by atoms with Crippen LogP contribution in [-0.4, -0.2) is 36.9 Å². The summed E-state index contributed by atoms with van der Waals surface area (Å²) in [5.41, 5.74) is 0.665. The highest BCUT2D eigenvalue weighted by molar-refractivity contribution is 6.32. The highest BCUT2D eigenvalue weighted by Crippen LogP contribution is 2.25. The van der Waals surface area contributed by atoms with Crippen molar-refractivity contribution in [1.29, 1.82) is 0 Å². The predicted molar refractivity (Wildman–Crippen MR) is 104 cm³/mol. The third kappa shape index (κ3) is 5.95. The van der Waals surface area contributed by atoms with E-state index >= 15 is 0 Å². The number of halogens is 1. The van der Waals surface area contributed by atoms with Gasteiger partial charge in [-0.25, -0.2) is 0 Å². The van der Waals surface area contributed by atoms with Crippen molar-refractivity contribution in [2.45, 2.75) is 12.8 Å². The molecule has 28 heavy (non-hydrogen) atoms. The summed E-state index contributed by atoms with van der Waals surface area (Å²) in [7, 11) is 1.47. The van der Waals surface area contributed by atoms with Crippen molar-refractivity contribution in [3.8, 4) is 5.75 Å². The molecule has 0 amide bonds. The number of ether oxygens (including phenoxy) is 2. The first kappa shape index (κ1) is 21.2. The number of benzene rings is 2. The van der Waals surface area contributed by atoms with Crippen molar-refractivity contribution in [3.05, 3.63) is 63.2 Å². The number of nitro groups is 1. The molecule has 2 aromatic carbocycles. The van der Waals surface area contributed by atoms with Crippen LogP contribution in [0.3, 0.4) is 0 Å². The summed E-state index contributed by atoms with van der Waals surface area (Å²) < 4.78 is 9.98. The number of carbonyl (C=O) groups excluding carboxylic acids is 2. The maximum atomic E-state index is 12.1. The third-order valence-corrected chi connectivity index (χ3v) is 4.11. The van der Waals surface area contributed by atoms with Gasteiger partial charge in [0.25, 0.3) is 5.69 Å². The van der Waals surface area contributed by atoms with E-state index in [1.54, 1.807) is 24.3 Å². The first-order valence-electron chi connectivity index (χ1n) is 8.42. The molecule has 0 aliphatic heterocycles. The molecule has 0 radical (unpaired) electrons. The molecule has 0 spiro atoms. The highest BCUT2D eigenvalue weighted by atomic mass is 35.5. The number of carbonyl (C=O) groups is 2. The van der Waals surface area contributed by atoms with Gasteiger partial charge < -0.3 is 14.8 Å². The number of ketones is 1. The molecule has 8 nitrogen and oxygen atoms in total. The van der Waals surface area contributed by atoms with Gasteiger partial charge in [-0.3, -0.25) is 19.7 Å². The van der Waals surface area contributed by atoms with Gasteiger partial charge in [0, 0.05) is 24.6 Å². The zero-order valence-corrected chi connectivity index (χ0v) is 15.9. The zero-order valence-electron chi connectivity index (χ0n) is 15.1. The Morgan fingerprint density at radius 3 is 2.64 bits per heavy atom. The molecule has 0 heterocycles. The first-order valence-corrected chi connectivity index (χ1v) is 8.80. The average molecular weight is 407 g/mol. The van der Waals surface area contributed by atoms with Gasteiger partial charge in [0.15, 0.2) is 12.4 Å². The van der Waals surface area contributed by atoms with Crippen molar-refractivity contribution in [2.75, 3.05) is 25.6 Å². The molecule has 9 heteroatoms. The smallest absolute Gasteiger partial charge is 0.306 e. The van der Waals surface area contributed by atoms with Gasteiger partial charge in [-0.05, 0) is 30.7 Å². The lowest BCUT2D eigenvalue weighted by Gasteiger charge is -2.08. The fraction of sp³-hybridized carbons (Fsp3) is 0.263. The van der Waals surface area contributed by atoms with Crippen LogP contribution < -0.4 is 10.1 Å². The monoisotopic (exact) mass is 406 g/mol. The standard InChI is InChI=1S/C19H19ClN2O6/c1-27-18-9-8-13(11-14(18)20)17(23)12-28-19(24)7-4-10-21-15-5-2-3-6-16(15)22(25)26/h2-3,5-6,8-9,11,21H,4,7,10,12H2,1H3. The number of rotatable bonds is 10. The minimum absolute atomic E-state index is 0.0335. The van der Waals surface area contributed by atoms with E-state index in [-0.39, 0.29) is 24.5 Å². The number of nitrogens with one attached hydrogen (secondary N) is 1. The van der Waals surface area contributed by atoms with Gasteiger partial charge in [0.1, 0.15) is 11.4 Å². The van der Waals surface area contributed by atoms with Crippen molar-refractivity contribution in [3.63, 3.8) is 0 Å². The minimum atomic E-state index is -0.530. The molecule has 0 saturated heterocycles. The maximum absolute atomic E-state index is 12.1. The summed E-state index contributed by atoms with van der Waals surface area (Å²) in [6, 6.07) is 10.8. The van der Waals surface area contributed by atoms with E-state index in [1.165, 1.54) is 25.3 Å². The Bertz CT molecular complexity index is 871. The molecule has 0 aromatic heterocycles. The predicted octanol–water partition coefficient (Wildman–Crippen LogP) is 3.88. The molecule has 0 fully saturated rings. The Labute approximate surface area is 166 Å². The number of hydrogen-bond donors (Lipinski definition) is 1. The van der Waals surface area contributed by atoms with Crippen LogP contribution in [0.25, 0.3) is 0 Å². The summed E-state index contributed by atoms with van der Waals surface area (Å²) in [4.78, 5) is 34.3. The largest absolute Gasteiger partial charge is 0.495 e. The van der Waals surface area contributed by atoms with Gasteiger partial charge in [-0.15, -0.1) is 0 Å². The molecular weight excluding hydrogens is 388 g/mol.